The largest absolute Gasteiger partial charge is 0.496 e. The number of allylic oxidation sites excluding steroid dienone is 3. The lowest BCUT2D eigenvalue weighted by molar-refractivity contribution is -0.141. The molecule has 0 unspecified atom stereocenters. The van der Waals surface area contributed by atoms with Gasteiger partial charge in [-0.25, -0.2) is 4.79 Å². The number of carbonyl (C=O) groups is 2. The fraction of sp³-hybridized carbons (Fsp3) is 0.438. The van der Waals surface area contributed by atoms with Crippen molar-refractivity contribution < 1.29 is 38.0 Å². The number of dihydropyridines is 1. The van der Waals surface area contributed by atoms with Gasteiger partial charge in [-0.05, 0) is 56.5 Å². The first kappa shape index (κ1) is 30.0. The van der Waals surface area contributed by atoms with Gasteiger partial charge in [0.1, 0.15) is 12.4 Å². The van der Waals surface area contributed by atoms with Gasteiger partial charge in [-0.2, -0.15) is 0 Å². The first-order valence-corrected chi connectivity index (χ1v) is 13.7. The highest BCUT2D eigenvalue weighted by Gasteiger charge is 2.42. The predicted octanol–water partition coefficient (Wildman–Crippen LogP) is 5.05. The van der Waals surface area contributed by atoms with E-state index in [1.807, 2.05) is 45.0 Å². The number of Topliss-reactive ketones (excluding diaryl/α,β-unsaturated/α-hetero) is 1. The summed E-state index contributed by atoms with van der Waals surface area (Å²) < 4.78 is 33.5. The van der Waals surface area contributed by atoms with Crippen LogP contribution in [-0.4, -0.2) is 59.5 Å². The number of methoxy groups -OCH3 is 4. The van der Waals surface area contributed by atoms with Crippen LogP contribution in [0.2, 0.25) is 0 Å². The van der Waals surface area contributed by atoms with Crippen molar-refractivity contribution in [2.75, 3.05) is 41.7 Å². The summed E-state index contributed by atoms with van der Waals surface area (Å²) in [6.45, 7) is 6.02. The maximum absolute atomic E-state index is 14.0. The van der Waals surface area contributed by atoms with Gasteiger partial charge in [-0.1, -0.05) is 18.2 Å². The lowest BCUT2D eigenvalue weighted by Gasteiger charge is -2.37. The molecule has 1 aliphatic heterocycles. The van der Waals surface area contributed by atoms with Gasteiger partial charge in [0.25, 0.3) is 0 Å². The zero-order valence-corrected chi connectivity index (χ0v) is 24.8. The maximum atomic E-state index is 14.0. The van der Waals surface area contributed by atoms with Crippen LogP contribution in [0.15, 0.2) is 58.9 Å². The van der Waals surface area contributed by atoms with E-state index in [4.69, 9.17) is 28.4 Å². The molecule has 0 spiro atoms. The van der Waals surface area contributed by atoms with Crippen LogP contribution in [0.5, 0.6) is 23.0 Å². The Morgan fingerprint density at radius 3 is 2.20 bits per heavy atom. The van der Waals surface area contributed by atoms with Gasteiger partial charge in [0, 0.05) is 35.2 Å². The number of ketones is 1. The molecule has 0 amide bonds. The first-order valence-electron chi connectivity index (χ1n) is 13.7. The average Bonchev–Trinajstić information content (AvgIpc) is 2.97. The van der Waals surface area contributed by atoms with Crippen LogP contribution in [0.25, 0.3) is 0 Å². The summed E-state index contributed by atoms with van der Waals surface area (Å²) in [5, 5.41) is 3.38. The third kappa shape index (κ3) is 6.20. The minimum atomic E-state index is -0.704. The summed E-state index contributed by atoms with van der Waals surface area (Å²) in [6.07, 6.45) is 0.858. The molecule has 9 nitrogen and oxygen atoms in total. The number of rotatable bonds is 11. The molecule has 2 atom stereocenters. The van der Waals surface area contributed by atoms with E-state index in [1.54, 1.807) is 19.2 Å². The lowest BCUT2D eigenvalue weighted by atomic mass is 9.71. The zero-order valence-electron chi connectivity index (χ0n) is 24.8. The van der Waals surface area contributed by atoms with Gasteiger partial charge in [0.05, 0.1) is 46.7 Å². The summed E-state index contributed by atoms with van der Waals surface area (Å²) in [5.41, 5.74) is 3.90. The highest BCUT2D eigenvalue weighted by molar-refractivity contribution is 6.04. The van der Waals surface area contributed by atoms with Crippen molar-refractivity contribution in [3.8, 4) is 23.0 Å². The Kier molecular flexibility index (Phi) is 9.60. The van der Waals surface area contributed by atoms with Gasteiger partial charge in [-0.15, -0.1) is 0 Å². The fourth-order valence-electron chi connectivity index (χ4n) is 5.63. The molecule has 220 valence electrons. The SMILES string of the molecule is COc1ccccc1[C@H]1CC(=O)C2=C(C1)NC(C)=C(C(=O)OCCOC(C)C)[C@H]2c1cc(OC)c(OC)c(OC)c1. The summed E-state index contributed by atoms with van der Waals surface area (Å²) in [4.78, 5) is 27.6. The molecule has 0 saturated carbocycles. The second-order valence-corrected chi connectivity index (χ2v) is 10.3. The number of ether oxygens (including phenoxy) is 6. The third-order valence-corrected chi connectivity index (χ3v) is 7.41. The van der Waals surface area contributed by atoms with Crippen LogP contribution in [0, 0.1) is 0 Å². The number of nitrogens with one attached hydrogen (secondary N) is 1. The second-order valence-electron chi connectivity index (χ2n) is 10.3. The van der Waals surface area contributed by atoms with Crippen molar-refractivity contribution in [1.82, 2.24) is 5.32 Å². The Morgan fingerprint density at radius 2 is 1.59 bits per heavy atom. The van der Waals surface area contributed by atoms with Crippen LogP contribution in [0.1, 0.15) is 56.6 Å². The first-order chi connectivity index (χ1) is 19.7. The van der Waals surface area contributed by atoms with Crippen molar-refractivity contribution in [2.24, 2.45) is 0 Å². The van der Waals surface area contributed by atoms with E-state index < -0.39 is 11.9 Å². The van der Waals surface area contributed by atoms with Crippen molar-refractivity contribution >= 4 is 11.8 Å². The van der Waals surface area contributed by atoms with E-state index in [1.165, 1.54) is 21.3 Å². The topological polar surface area (TPSA) is 102 Å². The molecule has 1 aliphatic carbocycles. The zero-order chi connectivity index (χ0) is 29.7. The molecule has 2 aromatic rings. The fourth-order valence-corrected chi connectivity index (χ4v) is 5.63. The van der Waals surface area contributed by atoms with E-state index >= 15 is 0 Å². The Balaban J connectivity index is 1.81. The molecule has 0 fully saturated rings. The van der Waals surface area contributed by atoms with Gasteiger partial charge in [-0.3, -0.25) is 4.79 Å². The summed E-state index contributed by atoms with van der Waals surface area (Å²) in [7, 11) is 6.22. The van der Waals surface area contributed by atoms with E-state index in [9.17, 15) is 9.59 Å². The Morgan fingerprint density at radius 1 is 0.927 bits per heavy atom. The van der Waals surface area contributed by atoms with Crippen LogP contribution in [-0.2, 0) is 19.1 Å². The predicted molar refractivity (Wildman–Crippen MR) is 154 cm³/mol. The van der Waals surface area contributed by atoms with Crippen LogP contribution in [0.4, 0.5) is 0 Å². The van der Waals surface area contributed by atoms with E-state index in [-0.39, 0.29) is 37.4 Å². The molecule has 2 aromatic carbocycles. The molecule has 0 bridgehead atoms. The molecule has 41 heavy (non-hydrogen) atoms. The van der Waals surface area contributed by atoms with E-state index in [0.29, 0.717) is 46.1 Å². The van der Waals surface area contributed by atoms with Crippen LogP contribution < -0.4 is 24.3 Å². The number of hydrogen-bond acceptors (Lipinski definition) is 9. The number of benzene rings is 2. The maximum Gasteiger partial charge on any atom is 0.336 e. The minimum absolute atomic E-state index is 0.0155. The van der Waals surface area contributed by atoms with Crippen molar-refractivity contribution in [1.29, 1.82) is 0 Å². The molecule has 9 heteroatoms. The third-order valence-electron chi connectivity index (χ3n) is 7.41. The summed E-state index contributed by atoms with van der Waals surface area (Å²) in [5.74, 6) is 0.642. The molecule has 0 aromatic heterocycles. The Bertz CT molecular complexity index is 1330. The molecule has 0 saturated heterocycles. The quantitative estimate of drug-likeness (QED) is 0.296. The van der Waals surface area contributed by atoms with Gasteiger partial charge < -0.3 is 33.7 Å². The molecular formula is C32H39NO8. The van der Waals surface area contributed by atoms with Gasteiger partial charge in [0.15, 0.2) is 17.3 Å². The Labute approximate surface area is 241 Å². The highest BCUT2D eigenvalue weighted by atomic mass is 16.6. The van der Waals surface area contributed by atoms with Gasteiger partial charge in [0.2, 0.25) is 5.75 Å². The molecule has 1 N–H and O–H groups in total. The van der Waals surface area contributed by atoms with Crippen molar-refractivity contribution in [3.63, 3.8) is 0 Å². The lowest BCUT2D eigenvalue weighted by Crippen LogP contribution is -2.36. The molecule has 4 rings (SSSR count). The molecule has 1 heterocycles. The molecular weight excluding hydrogens is 526 g/mol. The normalized spacial score (nSPS) is 18.6. The van der Waals surface area contributed by atoms with Crippen molar-refractivity contribution in [3.05, 3.63) is 70.1 Å². The van der Waals surface area contributed by atoms with Gasteiger partial charge >= 0.3 is 5.97 Å². The second kappa shape index (κ2) is 13.1. The summed E-state index contributed by atoms with van der Waals surface area (Å²) >= 11 is 0. The van der Waals surface area contributed by atoms with Crippen LogP contribution >= 0.6 is 0 Å². The summed E-state index contributed by atoms with van der Waals surface area (Å²) in [6, 6.07) is 11.3. The van der Waals surface area contributed by atoms with E-state index in [2.05, 4.69) is 5.32 Å². The highest BCUT2D eigenvalue weighted by Crippen LogP contribution is 2.49. The van der Waals surface area contributed by atoms with E-state index in [0.717, 1.165) is 17.0 Å². The number of para-hydroxylation sites is 1. The number of hydrogen-bond donors (Lipinski definition) is 1. The minimum Gasteiger partial charge on any atom is -0.496 e. The Hall–Kier alpha value is -3.98. The monoisotopic (exact) mass is 565 g/mol. The van der Waals surface area contributed by atoms with Crippen LogP contribution in [0.3, 0.4) is 0 Å². The molecule has 0 radical (unpaired) electrons. The molecule has 2 aliphatic rings. The smallest absolute Gasteiger partial charge is 0.336 e. The standard InChI is InChI=1S/C32H39NO8/c1-18(2)40-12-13-41-32(35)28-19(3)33-23-14-20(22-10-8-9-11-25(22)36-4)15-24(34)30(23)29(28)21-16-26(37-5)31(39-7)27(17-21)38-6/h8-11,16-18,20,29,33H,12-15H2,1-7H3/t20-,29-/m1/s1. The number of esters is 1. The number of carbonyl (C=O) groups excluding carboxylic acids is 2. The average molecular weight is 566 g/mol. The van der Waals surface area contributed by atoms with Crippen molar-refractivity contribution in [2.45, 2.75) is 51.6 Å².